The quantitative estimate of drug-likeness (QED) is 0.467. The van der Waals surface area contributed by atoms with Crippen LogP contribution < -0.4 is 0 Å². The summed E-state index contributed by atoms with van der Waals surface area (Å²) >= 11 is 0. The molecule has 0 heterocycles. The number of hydrogen-bond donors (Lipinski definition) is 0. The molecule has 0 spiro atoms. The fourth-order valence-electron chi connectivity index (χ4n) is 1.12. The van der Waals surface area contributed by atoms with Gasteiger partial charge in [-0.3, -0.25) is 0 Å². The molecular weight excluding hydrogens is 232 g/mol. The van der Waals surface area contributed by atoms with Crippen LogP contribution in [0.4, 0.5) is 0 Å². The Bertz CT molecular complexity index is 563. The van der Waals surface area contributed by atoms with Crippen molar-refractivity contribution in [2.24, 2.45) is 0 Å². The largest absolute Gasteiger partial charge is 0.246 e. The second-order valence-electron chi connectivity index (χ2n) is 3.45. The van der Waals surface area contributed by atoms with E-state index in [0.717, 1.165) is 19.3 Å². The van der Waals surface area contributed by atoms with E-state index in [-0.39, 0.29) is 4.90 Å². The maximum Gasteiger partial charge on any atom is 0.246 e. The van der Waals surface area contributed by atoms with Gasteiger partial charge in [0.25, 0.3) is 0 Å². The molecule has 1 aromatic rings. The van der Waals surface area contributed by atoms with Gasteiger partial charge in [0.1, 0.15) is 0 Å². The summed E-state index contributed by atoms with van der Waals surface area (Å²) < 4.78 is 23.4. The fourth-order valence-corrected chi connectivity index (χ4v) is 1.94. The zero-order valence-electron chi connectivity index (χ0n) is 9.73. The molecule has 0 amide bonds. The van der Waals surface area contributed by atoms with Gasteiger partial charge in [-0.15, -0.1) is 0 Å². The minimum Gasteiger partial charge on any atom is -0.210 e. The summed E-state index contributed by atoms with van der Waals surface area (Å²) in [4.78, 5) is 0.211. The third kappa shape index (κ3) is 4.76. The number of unbranched alkanes of at least 4 members (excludes halogenated alkanes) is 2. The first-order valence-corrected chi connectivity index (χ1v) is 6.95. The molecule has 0 atom stereocenters. The van der Waals surface area contributed by atoms with Crippen LogP contribution in [0.2, 0.25) is 0 Å². The summed E-state index contributed by atoms with van der Waals surface area (Å²) in [6, 6.07) is 8.14. The zero-order valence-corrected chi connectivity index (χ0v) is 10.5. The molecule has 0 saturated heterocycles. The molecule has 1 aromatic carbocycles. The lowest BCUT2D eigenvalue weighted by molar-refractivity contribution is 0.606. The molecule has 0 radical (unpaired) electrons. The molecule has 0 aliphatic rings. The highest BCUT2D eigenvalue weighted by molar-refractivity contribution is 7.96. The molecule has 0 saturated carbocycles. The van der Waals surface area contributed by atoms with E-state index in [9.17, 15) is 8.42 Å². The van der Waals surface area contributed by atoms with Gasteiger partial charge in [0, 0.05) is 17.6 Å². The molecule has 0 aliphatic carbocycles. The summed E-state index contributed by atoms with van der Waals surface area (Å²) in [5.41, 5.74) is 0. The van der Waals surface area contributed by atoms with Crippen LogP contribution >= 0.6 is 0 Å². The van der Waals surface area contributed by atoms with Crippen LogP contribution in [0.5, 0.6) is 0 Å². The Morgan fingerprint density at radius 2 is 1.82 bits per heavy atom. The maximum absolute atomic E-state index is 11.7. The van der Waals surface area contributed by atoms with Gasteiger partial charge in [0.05, 0.1) is 4.90 Å². The van der Waals surface area contributed by atoms with E-state index < -0.39 is 9.84 Å². The van der Waals surface area contributed by atoms with Crippen LogP contribution in [-0.4, -0.2) is 8.42 Å². The molecule has 88 valence electrons. The summed E-state index contributed by atoms with van der Waals surface area (Å²) in [5, 5.41) is 2.20. The van der Waals surface area contributed by atoms with Crippen molar-refractivity contribution >= 4 is 9.84 Å². The molecule has 1 rings (SSSR count). The smallest absolute Gasteiger partial charge is 0.210 e. The molecule has 0 unspecified atom stereocenters. The third-order valence-electron chi connectivity index (χ3n) is 2.05. The average molecular weight is 246 g/mol. The van der Waals surface area contributed by atoms with Crippen molar-refractivity contribution in [3.63, 3.8) is 0 Å². The van der Waals surface area contributed by atoms with E-state index in [4.69, 9.17) is 0 Å². The lowest BCUT2D eigenvalue weighted by Gasteiger charge is -1.93. The first kappa shape index (κ1) is 13.4. The molecule has 0 fully saturated rings. The van der Waals surface area contributed by atoms with E-state index in [2.05, 4.69) is 29.9 Å². The Morgan fingerprint density at radius 3 is 2.47 bits per heavy atom. The first-order chi connectivity index (χ1) is 8.17. The van der Waals surface area contributed by atoms with Gasteiger partial charge >= 0.3 is 0 Å². The van der Waals surface area contributed by atoms with E-state index in [1.807, 2.05) is 0 Å². The topological polar surface area (TPSA) is 34.1 Å². The Kier molecular flexibility index (Phi) is 5.33. The van der Waals surface area contributed by atoms with Crippen LogP contribution in [0, 0.1) is 23.0 Å². The molecule has 0 N–H and O–H groups in total. The van der Waals surface area contributed by atoms with Crippen LogP contribution in [0.1, 0.15) is 26.2 Å². The monoisotopic (exact) mass is 246 g/mol. The molecule has 3 heteroatoms. The minimum atomic E-state index is -3.52. The van der Waals surface area contributed by atoms with Gasteiger partial charge < -0.3 is 0 Å². The van der Waals surface area contributed by atoms with E-state index in [1.54, 1.807) is 18.2 Å². The Balaban J connectivity index is 2.74. The highest BCUT2D eigenvalue weighted by Gasteiger charge is 2.08. The van der Waals surface area contributed by atoms with Gasteiger partial charge in [-0.05, 0) is 24.5 Å². The van der Waals surface area contributed by atoms with Gasteiger partial charge in [-0.2, -0.15) is 0 Å². The number of hydrogen-bond acceptors (Lipinski definition) is 2. The van der Waals surface area contributed by atoms with E-state index in [0.29, 0.717) is 0 Å². The SMILES string of the molecule is CCCCC#CC#CS(=O)(=O)c1ccccc1. The molecule has 2 nitrogen and oxygen atoms in total. The third-order valence-corrected chi connectivity index (χ3v) is 3.31. The number of benzene rings is 1. The van der Waals surface area contributed by atoms with Crippen LogP contribution in [0.3, 0.4) is 0 Å². The molecule has 0 aromatic heterocycles. The predicted octanol–water partition coefficient (Wildman–Crippen LogP) is 2.61. The van der Waals surface area contributed by atoms with Crippen molar-refractivity contribution in [1.82, 2.24) is 0 Å². The lowest BCUT2D eigenvalue weighted by atomic mass is 10.2. The van der Waals surface area contributed by atoms with Gasteiger partial charge in [-0.25, -0.2) is 8.42 Å². The summed E-state index contributed by atoms with van der Waals surface area (Å²) in [6.45, 7) is 2.08. The second-order valence-corrected chi connectivity index (χ2v) is 5.13. The fraction of sp³-hybridized carbons (Fsp3) is 0.286. The van der Waals surface area contributed by atoms with Crippen molar-refractivity contribution in [2.75, 3.05) is 0 Å². The van der Waals surface area contributed by atoms with Crippen molar-refractivity contribution in [2.45, 2.75) is 31.1 Å². The average Bonchev–Trinajstić information content (AvgIpc) is 2.35. The summed E-state index contributed by atoms with van der Waals surface area (Å²) in [5.74, 6) is 7.76. The second kappa shape index (κ2) is 6.78. The maximum atomic E-state index is 11.7. The molecule has 0 bridgehead atoms. The Hall–Kier alpha value is -1.71. The standard InChI is InChI=1S/C14H14O2S/c1-2-3-4-5-6-10-13-17(15,16)14-11-8-7-9-12-14/h7-9,11-12H,2-4H2,1H3. The molecular formula is C14H14O2S. The zero-order chi connectivity index (χ0) is 12.6. The minimum absolute atomic E-state index is 0.211. The predicted molar refractivity (Wildman–Crippen MR) is 68.7 cm³/mol. The highest BCUT2D eigenvalue weighted by atomic mass is 32.2. The Labute approximate surface area is 103 Å². The Morgan fingerprint density at radius 1 is 1.12 bits per heavy atom. The van der Waals surface area contributed by atoms with Gasteiger partial charge in [0.15, 0.2) is 0 Å². The summed E-state index contributed by atoms with van der Waals surface area (Å²) in [7, 11) is -3.52. The van der Waals surface area contributed by atoms with Crippen LogP contribution in [0.25, 0.3) is 0 Å². The number of rotatable bonds is 3. The molecule has 0 aliphatic heterocycles. The normalized spacial score (nSPS) is 9.71. The highest BCUT2D eigenvalue weighted by Crippen LogP contribution is 2.08. The van der Waals surface area contributed by atoms with Crippen molar-refractivity contribution in [3.05, 3.63) is 30.3 Å². The number of sulfone groups is 1. The van der Waals surface area contributed by atoms with Crippen molar-refractivity contribution in [3.8, 4) is 23.0 Å². The van der Waals surface area contributed by atoms with Gasteiger partial charge in [0.2, 0.25) is 9.84 Å². The van der Waals surface area contributed by atoms with Crippen molar-refractivity contribution < 1.29 is 8.42 Å². The van der Waals surface area contributed by atoms with Crippen molar-refractivity contribution in [1.29, 1.82) is 0 Å². The molecule has 17 heavy (non-hydrogen) atoms. The van der Waals surface area contributed by atoms with Crippen LogP contribution in [0.15, 0.2) is 35.2 Å². The van der Waals surface area contributed by atoms with Crippen LogP contribution in [-0.2, 0) is 9.84 Å². The lowest BCUT2D eigenvalue weighted by Crippen LogP contribution is -1.95. The van der Waals surface area contributed by atoms with Gasteiger partial charge in [-0.1, -0.05) is 37.5 Å². The summed E-state index contributed by atoms with van der Waals surface area (Å²) in [6.07, 6.45) is 2.85. The van der Waals surface area contributed by atoms with E-state index in [1.165, 1.54) is 12.1 Å². The van der Waals surface area contributed by atoms with E-state index >= 15 is 0 Å². The first-order valence-electron chi connectivity index (χ1n) is 5.46.